The van der Waals surface area contributed by atoms with Crippen LogP contribution in [0, 0.1) is 0 Å². The second-order valence-corrected chi connectivity index (χ2v) is 10.0. The van der Waals surface area contributed by atoms with Gasteiger partial charge in [0.05, 0.1) is 37.0 Å². The van der Waals surface area contributed by atoms with Crippen molar-refractivity contribution in [3.63, 3.8) is 0 Å². The maximum Gasteiger partial charge on any atom is 0.259 e. The average molecular weight is 566 g/mol. The summed E-state index contributed by atoms with van der Waals surface area (Å²) in [6.07, 6.45) is 1.89. The lowest BCUT2D eigenvalue weighted by atomic mass is 10.1. The van der Waals surface area contributed by atoms with Gasteiger partial charge in [0.2, 0.25) is 11.8 Å². The number of amidine groups is 2. The van der Waals surface area contributed by atoms with Gasteiger partial charge in [-0.25, -0.2) is 9.89 Å². The van der Waals surface area contributed by atoms with Crippen LogP contribution in [0.25, 0.3) is 0 Å². The number of halogens is 1. The number of fused-ring (bicyclic) bond motifs is 3. The molecule has 0 fully saturated rings. The number of amides is 3. The van der Waals surface area contributed by atoms with E-state index in [0.717, 1.165) is 11.8 Å². The first-order chi connectivity index (χ1) is 18.9. The van der Waals surface area contributed by atoms with Crippen molar-refractivity contribution in [3.05, 3.63) is 77.2 Å². The highest BCUT2D eigenvalue weighted by atomic mass is 35.5. The number of thioether (sulfide) groups is 1. The third-order valence-corrected chi connectivity index (χ3v) is 7.17. The average Bonchev–Trinajstić information content (AvgIpc) is 3.58. The topological polar surface area (TPSA) is 126 Å². The van der Waals surface area contributed by atoms with Crippen LogP contribution in [0.5, 0.6) is 5.75 Å². The van der Waals surface area contributed by atoms with E-state index in [2.05, 4.69) is 20.6 Å². The molecule has 2 aliphatic rings. The molecule has 39 heavy (non-hydrogen) atoms. The van der Waals surface area contributed by atoms with Crippen LogP contribution in [0.2, 0.25) is 5.02 Å². The molecule has 5 rings (SSSR count). The summed E-state index contributed by atoms with van der Waals surface area (Å²) in [6, 6.07) is 15.1. The van der Waals surface area contributed by atoms with Gasteiger partial charge in [0.1, 0.15) is 23.4 Å². The number of benzene rings is 2. The Bertz CT molecular complexity index is 1470. The summed E-state index contributed by atoms with van der Waals surface area (Å²) < 4.78 is 10.5. The number of rotatable bonds is 9. The Balaban J connectivity index is 1.26. The molecule has 0 spiro atoms. The Hall–Kier alpha value is -4.09. The molecule has 2 N–H and O–H groups in total. The lowest BCUT2D eigenvalue weighted by molar-refractivity contribution is -0.125. The van der Waals surface area contributed by atoms with Crippen molar-refractivity contribution in [1.29, 1.82) is 0 Å². The zero-order valence-corrected chi connectivity index (χ0v) is 22.4. The van der Waals surface area contributed by atoms with E-state index in [1.54, 1.807) is 30.3 Å². The lowest BCUT2D eigenvalue weighted by Gasteiger charge is -2.25. The van der Waals surface area contributed by atoms with Gasteiger partial charge in [-0.05, 0) is 48.9 Å². The molecule has 0 saturated heterocycles. The number of para-hydroxylation sites is 1. The summed E-state index contributed by atoms with van der Waals surface area (Å²) in [7, 11) is 1.50. The monoisotopic (exact) mass is 565 g/mol. The number of hydrogen-bond donors (Lipinski definition) is 2. The zero-order valence-electron chi connectivity index (χ0n) is 20.8. The zero-order chi connectivity index (χ0) is 27.4. The van der Waals surface area contributed by atoms with Gasteiger partial charge in [-0.1, -0.05) is 35.5 Å². The van der Waals surface area contributed by atoms with Gasteiger partial charge in [0.25, 0.3) is 5.91 Å². The van der Waals surface area contributed by atoms with Crippen molar-refractivity contribution in [3.8, 4) is 5.75 Å². The Labute approximate surface area is 233 Å². The molecule has 2 aromatic carbocycles. The Morgan fingerprint density at radius 2 is 2.00 bits per heavy atom. The number of nitrogens with one attached hydrogen (secondary N) is 2. The summed E-state index contributed by atoms with van der Waals surface area (Å²) in [6.45, 7) is 0.273. The molecule has 3 amide bonds. The molecule has 0 unspecified atom stereocenters. The summed E-state index contributed by atoms with van der Waals surface area (Å²) in [4.78, 5) is 49.3. The van der Waals surface area contributed by atoms with Crippen LogP contribution >= 0.6 is 23.4 Å². The third kappa shape index (κ3) is 5.99. The van der Waals surface area contributed by atoms with E-state index in [-0.39, 0.29) is 42.9 Å². The van der Waals surface area contributed by atoms with Gasteiger partial charge in [0.15, 0.2) is 5.17 Å². The number of ether oxygens (including phenoxy) is 1. The van der Waals surface area contributed by atoms with E-state index < -0.39 is 6.04 Å². The molecule has 3 aromatic rings. The van der Waals surface area contributed by atoms with E-state index in [9.17, 15) is 14.4 Å². The fraction of sp³-hybridized carbons (Fsp3) is 0.222. The summed E-state index contributed by atoms with van der Waals surface area (Å²) in [5.74, 6) is 0.741. The van der Waals surface area contributed by atoms with Gasteiger partial charge in [-0.2, -0.15) is 0 Å². The van der Waals surface area contributed by atoms with Crippen molar-refractivity contribution in [2.45, 2.75) is 25.4 Å². The minimum Gasteiger partial charge on any atom is -0.495 e. The first kappa shape index (κ1) is 26.5. The van der Waals surface area contributed by atoms with Crippen LogP contribution < -0.4 is 15.4 Å². The van der Waals surface area contributed by atoms with E-state index >= 15 is 0 Å². The number of hydrogen-bond acceptors (Lipinski definition) is 8. The molecular weight excluding hydrogens is 542 g/mol. The largest absolute Gasteiger partial charge is 0.495 e. The van der Waals surface area contributed by atoms with Gasteiger partial charge in [0, 0.05) is 17.0 Å². The van der Waals surface area contributed by atoms with Gasteiger partial charge < -0.3 is 19.8 Å². The number of carbonyl (C=O) groups excluding carboxylic acids is 3. The highest BCUT2D eigenvalue weighted by Gasteiger charge is 2.41. The van der Waals surface area contributed by atoms with Crippen LogP contribution in [-0.4, -0.2) is 52.5 Å². The van der Waals surface area contributed by atoms with Crippen molar-refractivity contribution >= 4 is 63.5 Å². The fourth-order valence-corrected chi connectivity index (χ4v) is 5.11. The smallest absolute Gasteiger partial charge is 0.259 e. The molecular formula is C27H24ClN5O5S. The van der Waals surface area contributed by atoms with E-state index in [0.29, 0.717) is 44.5 Å². The first-order valence-electron chi connectivity index (χ1n) is 12.1. The molecule has 10 nitrogen and oxygen atoms in total. The highest BCUT2D eigenvalue weighted by Crippen LogP contribution is 2.34. The van der Waals surface area contributed by atoms with E-state index in [1.165, 1.54) is 18.3 Å². The van der Waals surface area contributed by atoms with Crippen LogP contribution in [-0.2, 0) is 20.9 Å². The maximum atomic E-state index is 13.4. The number of carbonyl (C=O) groups is 3. The Morgan fingerprint density at radius 3 is 2.79 bits per heavy atom. The van der Waals surface area contributed by atoms with Crippen molar-refractivity contribution in [2.24, 2.45) is 9.98 Å². The number of nitrogens with zero attached hydrogens (tertiary/aromatic N) is 3. The maximum absolute atomic E-state index is 13.4. The molecule has 0 saturated carbocycles. The standard InChI is InChI=1S/C27H24ClN5O5S/c1-37-22-10-8-16(28)13-21(22)30-24(35)15-39-27-32-19-7-3-2-6-18(19)25-31-20(26(36)33(25)27)9-11-23(34)29-14-17-5-4-12-38-17/h2-8,10,12-13,20H,9,11,14-15H2,1H3,(H,29,34)(H,30,35)/t20-/m0/s1. The predicted octanol–water partition coefficient (Wildman–Crippen LogP) is 4.37. The molecule has 0 bridgehead atoms. The normalized spacial score (nSPS) is 15.7. The van der Waals surface area contributed by atoms with Crippen molar-refractivity contribution in [1.82, 2.24) is 10.2 Å². The second kappa shape index (κ2) is 11.7. The molecule has 1 aromatic heterocycles. The predicted molar refractivity (Wildman–Crippen MR) is 150 cm³/mol. The molecule has 1 atom stereocenters. The number of furan rings is 1. The Kier molecular flexibility index (Phi) is 7.99. The van der Waals surface area contributed by atoms with Gasteiger partial charge in [-0.3, -0.25) is 19.4 Å². The quantitative estimate of drug-likeness (QED) is 0.397. The number of anilines is 1. The first-order valence-corrected chi connectivity index (χ1v) is 13.4. The van der Waals surface area contributed by atoms with Crippen LogP contribution in [0.15, 0.2) is 75.3 Å². The van der Waals surface area contributed by atoms with Crippen LogP contribution in [0.4, 0.5) is 11.4 Å². The Morgan fingerprint density at radius 1 is 1.15 bits per heavy atom. The molecule has 0 aliphatic carbocycles. The lowest BCUT2D eigenvalue weighted by Crippen LogP contribution is -2.41. The molecule has 200 valence electrons. The molecule has 2 aliphatic heterocycles. The van der Waals surface area contributed by atoms with Gasteiger partial charge >= 0.3 is 0 Å². The molecule has 12 heteroatoms. The van der Waals surface area contributed by atoms with E-state index in [4.69, 9.17) is 20.8 Å². The SMILES string of the molecule is COc1ccc(Cl)cc1NC(=O)CSC1=Nc2ccccc2C2=N[C@@H](CCC(=O)NCc3ccco3)C(=O)N12. The molecule has 0 radical (unpaired) electrons. The minimum absolute atomic E-state index is 0.0203. The van der Waals surface area contributed by atoms with Crippen LogP contribution in [0.1, 0.15) is 24.2 Å². The van der Waals surface area contributed by atoms with Crippen molar-refractivity contribution < 1.29 is 23.5 Å². The molecule has 3 heterocycles. The third-order valence-electron chi connectivity index (χ3n) is 6.00. The summed E-state index contributed by atoms with van der Waals surface area (Å²) in [5.41, 5.74) is 1.81. The van der Waals surface area contributed by atoms with Crippen molar-refractivity contribution in [2.75, 3.05) is 18.2 Å². The van der Waals surface area contributed by atoms with E-state index in [1.807, 2.05) is 24.3 Å². The summed E-state index contributed by atoms with van der Waals surface area (Å²) >= 11 is 7.18. The second-order valence-electron chi connectivity index (χ2n) is 8.63. The highest BCUT2D eigenvalue weighted by molar-refractivity contribution is 8.14. The number of methoxy groups -OCH3 is 1. The minimum atomic E-state index is -0.740. The summed E-state index contributed by atoms with van der Waals surface area (Å²) in [5, 5.41) is 6.36. The number of aliphatic imine (C=N–C) groups is 2. The van der Waals surface area contributed by atoms with Gasteiger partial charge in [-0.15, -0.1) is 0 Å². The van der Waals surface area contributed by atoms with Crippen LogP contribution in [0.3, 0.4) is 0 Å². The fourth-order valence-electron chi connectivity index (χ4n) is 4.14.